The van der Waals surface area contributed by atoms with Gasteiger partial charge in [-0.3, -0.25) is 4.57 Å². The Hall–Kier alpha value is -1.77. The van der Waals surface area contributed by atoms with Crippen LogP contribution in [0, 0.1) is 13.8 Å². The molecule has 1 aromatic heterocycles. The van der Waals surface area contributed by atoms with Crippen LogP contribution in [0.5, 0.6) is 5.75 Å². The van der Waals surface area contributed by atoms with E-state index in [0.717, 1.165) is 22.8 Å². The maximum absolute atomic E-state index is 5.71. The Morgan fingerprint density at radius 1 is 1.24 bits per heavy atom. The quantitative estimate of drug-likeness (QED) is 0.693. The van der Waals surface area contributed by atoms with E-state index in [1.807, 2.05) is 27.1 Å². The summed E-state index contributed by atoms with van der Waals surface area (Å²) < 4.78 is 7.81. The predicted molar refractivity (Wildman–Crippen MR) is 68.7 cm³/mol. The van der Waals surface area contributed by atoms with Crippen molar-refractivity contribution in [3.8, 4) is 11.4 Å². The first-order chi connectivity index (χ1) is 8.25. The molecular formula is C14H18N2O. The number of rotatable bonds is 0. The fraction of sp³-hybridized carbons (Fsp3) is 0.357. The fourth-order valence-corrected chi connectivity index (χ4v) is 1.93. The van der Waals surface area contributed by atoms with Crippen LogP contribution < -0.4 is 4.74 Å². The largest absolute Gasteiger partial charge is 0.485 e. The molecule has 90 valence electrons. The van der Waals surface area contributed by atoms with E-state index in [1.165, 1.54) is 5.56 Å². The molecule has 0 N–H and O–H groups in total. The molecule has 0 amide bonds. The van der Waals surface area contributed by atoms with E-state index in [1.54, 1.807) is 0 Å². The summed E-state index contributed by atoms with van der Waals surface area (Å²) in [5, 5.41) is 0. The van der Waals surface area contributed by atoms with E-state index < -0.39 is 0 Å². The van der Waals surface area contributed by atoms with Crippen molar-refractivity contribution < 1.29 is 4.74 Å². The minimum Gasteiger partial charge on any atom is -0.485 e. The zero-order valence-corrected chi connectivity index (χ0v) is 10.8. The fourth-order valence-electron chi connectivity index (χ4n) is 1.93. The smallest absolute Gasteiger partial charge is 0.144 e. The van der Waals surface area contributed by atoms with Gasteiger partial charge in [0.05, 0.1) is 23.4 Å². The first kappa shape index (κ1) is 11.7. The molecule has 0 saturated carbocycles. The molecule has 0 spiro atoms. The van der Waals surface area contributed by atoms with E-state index >= 15 is 0 Å². The number of hydrogen-bond donors (Lipinski definition) is 0. The average molecular weight is 230 g/mol. The van der Waals surface area contributed by atoms with Crippen molar-refractivity contribution >= 4 is 0 Å². The zero-order chi connectivity index (χ0) is 12.4. The molecule has 17 heavy (non-hydrogen) atoms. The number of hydrogen-bond acceptors (Lipinski definition) is 2. The molecule has 3 rings (SSSR count). The van der Waals surface area contributed by atoms with Crippen molar-refractivity contribution in [2.45, 2.75) is 34.3 Å². The van der Waals surface area contributed by atoms with Crippen LogP contribution in [0.2, 0.25) is 0 Å². The van der Waals surface area contributed by atoms with Gasteiger partial charge >= 0.3 is 0 Å². The summed E-state index contributed by atoms with van der Waals surface area (Å²) in [6.07, 6.45) is 1.86. The van der Waals surface area contributed by atoms with E-state index in [-0.39, 0.29) is 0 Å². The Morgan fingerprint density at radius 2 is 2.00 bits per heavy atom. The molecule has 3 nitrogen and oxygen atoms in total. The second kappa shape index (κ2) is 4.62. The highest BCUT2D eigenvalue weighted by Gasteiger charge is 2.18. The predicted octanol–water partition coefficient (Wildman–Crippen LogP) is 3.41. The summed E-state index contributed by atoms with van der Waals surface area (Å²) in [4.78, 5) is 4.30. The van der Waals surface area contributed by atoms with Crippen LogP contribution in [0.15, 0.2) is 24.5 Å². The SMILES string of the molecule is CC.Cc1ccc2c(c1)OCc1c(C)ncn1-2. The van der Waals surface area contributed by atoms with Gasteiger partial charge in [-0.15, -0.1) is 0 Å². The molecule has 0 atom stereocenters. The first-order valence-electron chi connectivity index (χ1n) is 6.02. The Balaban J connectivity index is 0.000000514. The van der Waals surface area contributed by atoms with E-state index in [9.17, 15) is 0 Å². The minimum atomic E-state index is 0.613. The number of aryl methyl sites for hydroxylation is 2. The van der Waals surface area contributed by atoms with Crippen LogP contribution in [0.3, 0.4) is 0 Å². The van der Waals surface area contributed by atoms with Gasteiger partial charge in [-0.25, -0.2) is 4.98 Å². The molecule has 3 heteroatoms. The highest BCUT2D eigenvalue weighted by atomic mass is 16.5. The topological polar surface area (TPSA) is 27.1 Å². The minimum absolute atomic E-state index is 0.613. The third kappa shape index (κ3) is 1.93. The van der Waals surface area contributed by atoms with Crippen LogP contribution in [0.4, 0.5) is 0 Å². The number of aromatic nitrogens is 2. The second-order valence-electron chi connectivity index (χ2n) is 3.91. The Labute approximate surface area is 102 Å². The van der Waals surface area contributed by atoms with Crippen LogP contribution in [0.25, 0.3) is 5.69 Å². The number of ether oxygens (including phenoxy) is 1. The highest BCUT2D eigenvalue weighted by Crippen LogP contribution is 2.31. The lowest BCUT2D eigenvalue weighted by atomic mass is 10.2. The summed E-state index contributed by atoms with van der Waals surface area (Å²) >= 11 is 0. The van der Waals surface area contributed by atoms with Crippen LogP contribution in [-0.4, -0.2) is 9.55 Å². The Morgan fingerprint density at radius 3 is 2.76 bits per heavy atom. The van der Waals surface area contributed by atoms with Gasteiger partial charge in [0.15, 0.2) is 0 Å². The molecule has 1 aliphatic heterocycles. The van der Waals surface area contributed by atoms with Crippen molar-refractivity contribution in [2.24, 2.45) is 0 Å². The van der Waals surface area contributed by atoms with Gasteiger partial charge in [0.25, 0.3) is 0 Å². The van der Waals surface area contributed by atoms with Crippen molar-refractivity contribution in [2.75, 3.05) is 0 Å². The molecule has 0 aliphatic carbocycles. The Kier molecular flexibility index (Phi) is 3.18. The lowest BCUT2D eigenvalue weighted by Crippen LogP contribution is -2.12. The van der Waals surface area contributed by atoms with E-state index in [4.69, 9.17) is 4.74 Å². The lowest BCUT2D eigenvalue weighted by Gasteiger charge is -2.20. The molecular weight excluding hydrogens is 212 g/mol. The zero-order valence-electron chi connectivity index (χ0n) is 10.8. The molecule has 0 unspecified atom stereocenters. The maximum Gasteiger partial charge on any atom is 0.144 e. The van der Waals surface area contributed by atoms with Gasteiger partial charge in [0.1, 0.15) is 12.4 Å². The summed E-state index contributed by atoms with van der Waals surface area (Å²) in [6, 6.07) is 6.23. The monoisotopic (exact) mass is 230 g/mol. The van der Waals surface area contributed by atoms with Gasteiger partial charge in [-0.05, 0) is 31.5 Å². The number of imidazole rings is 1. The van der Waals surface area contributed by atoms with Crippen molar-refractivity contribution in [1.29, 1.82) is 0 Å². The van der Waals surface area contributed by atoms with Crippen LogP contribution >= 0.6 is 0 Å². The van der Waals surface area contributed by atoms with E-state index in [0.29, 0.717) is 6.61 Å². The summed E-state index contributed by atoms with van der Waals surface area (Å²) in [6.45, 7) is 8.69. The van der Waals surface area contributed by atoms with Crippen LogP contribution in [-0.2, 0) is 6.61 Å². The molecule has 1 aromatic carbocycles. The molecule has 2 heterocycles. The lowest BCUT2D eigenvalue weighted by molar-refractivity contribution is 0.284. The third-order valence-corrected chi connectivity index (χ3v) is 2.81. The molecule has 2 aromatic rings. The molecule has 1 aliphatic rings. The van der Waals surface area contributed by atoms with Crippen molar-refractivity contribution in [1.82, 2.24) is 9.55 Å². The number of fused-ring (bicyclic) bond motifs is 3. The van der Waals surface area contributed by atoms with Crippen molar-refractivity contribution in [3.05, 3.63) is 41.5 Å². The van der Waals surface area contributed by atoms with Crippen molar-refractivity contribution in [3.63, 3.8) is 0 Å². The summed E-state index contributed by atoms with van der Waals surface area (Å²) in [5.41, 5.74) is 4.49. The van der Waals surface area contributed by atoms with Gasteiger partial charge in [-0.2, -0.15) is 0 Å². The molecule has 0 bridgehead atoms. The van der Waals surface area contributed by atoms with Crippen LogP contribution in [0.1, 0.15) is 30.8 Å². The standard InChI is InChI=1S/C12H12N2O.C2H6/c1-8-3-4-10-12(5-8)15-6-11-9(2)13-7-14(10)11;1-2/h3-5,7H,6H2,1-2H3;1-2H3. The number of benzene rings is 1. The average Bonchev–Trinajstić information content (AvgIpc) is 2.73. The molecule has 0 radical (unpaired) electrons. The van der Waals surface area contributed by atoms with Gasteiger partial charge in [-0.1, -0.05) is 19.9 Å². The second-order valence-corrected chi connectivity index (χ2v) is 3.91. The third-order valence-electron chi connectivity index (χ3n) is 2.81. The summed E-state index contributed by atoms with van der Waals surface area (Å²) in [5.74, 6) is 0.944. The normalized spacial score (nSPS) is 11.8. The van der Waals surface area contributed by atoms with E-state index in [2.05, 4.69) is 34.7 Å². The first-order valence-corrected chi connectivity index (χ1v) is 6.02. The van der Waals surface area contributed by atoms with Gasteiger partial charge in [0.2, 0.25) is 0 Å². The van der Waals surface area contributed by atoms with Gasteiger partial charge < -0.3 is 4.74 Å². The molecule has 0 fully saturated rings. The Bertz CT molecular complexity index is 529. The highest BCUT2D eigenvalue weighted by molar-refractivity contribution is 5.51. The molecule has 0 saturated heterocycles. The number of nitrogens with zero attached hydrogens (tertiary/aromatic N) is 2. The summed E-state index contributed by atoms with van der Waals surface area (Å²) in [7, 11) is 0. The maximum atomic E-state index is 5.71. The van der Waals surface area contributed by atoms with Gasteiger partial charge in [0, 0.05) is 0 Å².